The maximum absolute atomic E-state index is 6.05. The Morgan fingerprint density at radius 3 is 2.60 bits per heavy atom. The number of benzene rings is 1. The highest BCUT2D eigenvalue weighted by molar-refractivity contribution is 5.67. The zero-order chi connectivity index (χ0) is 14.1. The highest BCUT2D eigenvalue weighted by Crippen LogP contribution is 2.25. The molecule has 0 aliphatic rings. The van der Waals surface area contributed by atoms with Crippen molar-refractivity contribution in [1.82, 2.24) is 14.8 Å². The molecule has 100 valence electrons. The van der Waals surface area contributed by atoms with Gasteiger partial charge in [0.05, 0.1) is 5.69 Å². The van der Waals surface area contributed by atoms with Gasteiger partial charge in [0.1, 0.15) is 5.82 Å². The molecule has 0 aliphatic heterocycles. The van der Waals surface area contributed by atoms with Crippen LogP contribution in [0, 0.1) is 13.8 Å². The first-order valence-electron chi connectivity index (χ1n) is 6.50. The summed E-state index contributed by atoms with van der Waals surface area (Å²) in [6.07, 6.45) is 1.73. The van der Waals surface area contributed by atoms with Crippen molar-refractivity contribution in [2.75, 3.05) is 5.73 Å². The molecular formula is C16H16N4. The second-order valence-corrected chi connectivity index (χ2v) is 4.87. The number of hydrogen-bond acceptors (Lipinski definition) is 3. The second kappa shape index (κ2) is 4.81. The van der Waals surface area contributed by atoms with Gasteiger partial charge in [0, 0.05) is 17.8 Å². The molecule has 0 fully saturated rings. The van der Waals surface area contributed by atoms with E-state index >= 15 is 0 Å². The molecule has 0 aliphatic carbocycles. The number of aryl methyl sites for hydroxylation is 2. The normalized spacial score (nSPS) is 10.7. The van der Waals surface area contributed by atoms with E-state index in [1.807, 2.05) is 24.3 Å². The number of rotatable bonds is 2. The Morgan fingerprint density at radius 2 is 1.90 bits per heavy atom. The molecule has 0 unspecified atom stereocenters. The maximum atomic E-state index is 6.05. The largest absolute Gasteiger partial charge is 0.384 e. The van der Waals surface area contributed by atoms with Crippen LogP contribution >= 0.6 is 0 Å². The van der Waals surface area contributed by atoms with Gasteiger partial charge in [0.25, 0.3) is 0 Å². The number of hydrogen-bond donors (Lipinski definition) is 1. The van der Waals surface area contributed by atoms with Crippen molar-refractivity contribution in [3.8, 4) is 17.1 Å². The molecule has 0 bridgehead atoms. The van der Waals surface area contributed by atoms with Crippen LogP contribution in [0.3, 0.4) is 0 Å². The predicted octanol–water partition coefficient (Wildman–Crippen LogP) is 3.13. The van der Waals surface area contributed by atoms with Crippen molar-refractivity contribution in [1.29, 1.82) is 0 Å². The van der Waals surface area contributed by atoms with Gasteiger partial charge in [-0.25, -0.2) is 4.98 Å². The summed E-state index contributed by atoms with van der Waals surface area (Å²) in [6, 6.07) is 13.9. The molecule has 3 rings (SSSR count). The van der Waals surface area contributed by atoms with Gasteiger partial charge in [-0.05, 0) is 31.5 Å². The molecule has 0 amide bonds. The molecule has 2 N–H and O–H groups in total. The molecule has 0 saturated carbocycles. The van der Waals surface area contributed by atoms with Gasteiger partial charge >= 0.3 is 0 Å². The van der Waals surface area contributed by atoms with Crippen molar-refractivity contribution in [2.24, 2.45) is 0 Å². The first kappa shape index (κ1) is 12.4. The van der Waals surface area contributed by atoms with E-state index < -0.39 is 0 Å². The Labute approximate surface area is 117 Å². The van der Waals surface area contributed by atoms with Crippen LogP contribution in [0.25, 0.3) is 17.1 Å². The zero-order valence-electron chi connectivity index (χ0n) is 11.5. The summed E-state index contributed by atoms with van der Waals surface area (Å²) in [5, 5.41) is 4.57. The molecule has 20 heavy (non-hydrogen) atoms. The SMILES string of the molecule is Cc1ccc(-c2cc(N)n(-c3ccccn3)n2)c(C)c1. The first-order valence-corrected chi connectivity index (χ1v) is 6.50. The Balaban J connectivity index is 2.09. The van der Waals surface area contributed by atoms with Crippen LogP contribution in [0.2, 0.25) is 0 Å². The van der Waals surface area contributed by atoms with E-state index in [9.17, 15) is 0 Å². The average Bonchev–Trinajstić information content (AvgIpc) is 2.81. The summed E-state index contributed by atoms with van der Waals surface area (Å²) in [5.41, 5.74) is 10.4. The van der Waals surface area contributed by atoms with Gasteiger partial charge in [-0.3, -0.25) is 0 Å². The second-order valence-electron chi connectivity index (χ2n) is 4.87. The Hall–Kier alpha value is -2.62. The lowest BCUT2D eigenvalue weighted by Gasteiger charge is -2.04. The lowest BCUT2D eigenvalue weighted by Crippen LogP contribution is -2.03. The molecule has 2 aromatic heterocycles. The number of pyridine rings is 1. The first-order chi connectivity index (χ1) is 9.65. The van der Waals surface area contributed by atoms with Crippen LogP contribution in [0.1, 0.15) is 11.1 Å². The smallest absolute Gasteiger partial charge is 0.155 e. The van der Waals surface area contributed by atoms with E-state index in [-0.39, 0.29) is 0 Å². The summed E-state index contributed by atoms with van der Waals surface area (Å²) in [7, 11) is 0. The molecule has 1 aromatic carbocycles. The van der Waals surface area contributed by atoms with E-state index in [1.54, 1.807) is 10.9 Å². The molecular weight excluding hydrogens is 248 g/mol. The molecule has 2 heterocycles. The quantitative estimate of drug-likeness (QED) is 0.773. The van der Waals surface area contributed by atoms with Gasteiger partial charge in [-0.2, -0.15) is 9.78 Å². The Kier molecular flexibility index (Phi) is 2.99. The van der Waals surface area contributed by atoms with Crippen LogP contribution in [0.15, 0.2) is 48.7 Å². The number of anilines is 1. The Morgan fingerprint density at radius 1 is 1.05 bits per heavy atom. The van der Waals surface area contributed by atoms with Crippen molar-refractivity contribution in [3.63, 3.8) is 0 Å². The van der Waals surface area contributed by atoms with E-state index in [4.69, 9.17) is 5.73 Å². The van der Waals surface area contributed by atoms with Crippen LogP contribution in [-0.4, -0.2) is 14.8 Å². The number of nitrogen functional groups attached to an aromatic ring is 1. The van der Waals surface area contributed by atoms with Gasteiger partial charge in [0.2, 0.25) is 0 Å². The summed E-state index contributed by atoms with van der Waals surface area (Å²) < 4.78 is 1.66. The molecule has 3 aromatic rings. The summed E-state index contributed by atoms with van der Waals surface area (Å²) in [5.74, 6) is 1.31. The fourth-order valence-electron chi connectivity index (χ4n) is 2.29. The average molecular weight is 264 g/mol. The van der Waals surface area contributed by atoms with Crippen LogP contribution < -0.4 is 5.73 Å². The topological polar surface area (TPSA) is 56.7 Å². The molecule has 0 radical (unpaired) electrons. The number of aromatic nitrogens is 3. The van der Waals surface area contributed by atoms with Crippen LogP contribution in [-0.2, 0) is 0 Å². The van der Waals surface area contributed by atoms with Gasteiger partial charge in [-0.1, -0.05) is 29.8 Å². The third-order valence-corrected chi connectivity index (χ3v) is 3.26. The van der Waals surface area contributed by atoms with E-state index in [0.717, 1.165) is 17.1 Å². The van der Waals surface area contributed by atoms with Crippen molar-refractivity contribution >= 4 is 5.82 Å². The van der Waals surface area contributed by atoms with Crippen molar-refractivity contribution in [3.05, 3.63) is 59.8 Å². The minimum Gasteiger partial charge on any atom is -0.384 e. The third-order valence-electron chi connectivity index (χ3n) is 3.26. The standard InChI is InChI=1S/C16H16N4/c1-11-6-7-13(12(2)9-11)14-10-15(17)20(19-14)16-5-3-4-8-18-16/h3-10H,17H2,1-2H3. The van der Waals surface area contributed by atoms with Crippen LogP contribution in [0.4, 0.5) is 5.82 Å². The maximum Gasteiger partial charge on any atom is 0.155 e. The fraction of sp³-hybridized carbons (Fsp3) is 0.125. The lowest BCUT2D eigenvalue weighted by atomic mass is 10.0. The van der Waals surface area contributed by atoms with Gasteiger partial charge in [0.15, 0.2) is 5.82 Å². The van der Waals surface area contributed by atoms with Gasteiger partial charge < -0.3 is 5.73 Å². The lowest BCUT2D eigenvalue weighted by molar-refractivity contribution is 0.860. The Bertz CT molecular complexity index is 744. The summed E-state index contributed by atoms with van der Waals surface area (Å²) >= 11 is 0. The predicted molar refractivity (Wildman–Crippen MR) is 80.7 cm³/mol. The molecule has 0 atom stereocenters. The molecule has 0 spiro atoms. The summed E-state index contributed by atoms with van der Waals surface area (Å²) in [6.45, 7) is 4.16. The number of nitrogens with zero attached hydrogens (tertiary/aromatic N) is 3. The van der Waals surface area contributed by atoms with E-state index in [0.29, 0.717) is 5.82 Å². The van der Waals surface area contributed by atoms with E-state index in [1.165, 1.54) is 11.1 Å². The van der Waals surface area contributed by atoms with Crippen molar-refractivity contribution < 1.29 is 0 Å². The minimum atomic E-state index is 0.582. The fourth-order valence-corrected chi connectivity index (χ4v) is 2.29. The number of nitrogens with two attached hydrogens (primary N) is 1. The molecule has 4 nitrogen and oxygen atoms in total. The molecule has 0 saturated heterocycles. The highest BCUT2D eigenvalue weighted by atomic mass is 15.3. The third kappa shape index (κ3) is 2.16. The minimum absolute atomic E-state index is 0.582. The summed E-state index contributed by atoms with van der Waals surface area (Å²) in [4.78, 5) is 4.27. The zero-order valence-corrected chi connectivity index (χ0v) is 11.5. The van der Waals surface area contributed by atoms with Gasteiger partial charge in [-0.15, -0.1) is 0 Å². The van der Waals surface area contributed by atoms with Crippen LogP contribution in [0.5, 0.6) is 0 Å². The van der Waals surface area contributed by atoms with E-state index in [2.05, 4.69) is 42.1 Å². The monoisotopic (exact) mass is 264 g/mol. The van der Waals surface area contributed by atoms with Crippen molar-refractivity contribution in [2.45, 2.75) is 13.8 Å². The molecule has 4 heteroatoms. The highest BCUT2D eigenvalue weighted by Gasteiger charge is 2.11.